The summed E-state index contributed by atoms with van der Waals surface area (Å²) in [5, 5.41) is 0. The minimum atomic E-state index is 0.207. The van der Waals surface area contributed by atoms with Gasteiger partial charge in [0.15, 0.2) is 0 Å². The fourth-order valence-corrected chi connectivity index (χ4v) is 4.15. The number of carbonyl (C=O) groups is 1. The Bertz CT molecular complexity index is 662. The first-order valence-corrected chi connectivity index (χ1v) is 12.3. The van der Waals surface area contributed by atoms with Gasteiger partial charge in [0.25, 0.3) is 0 Å². The molecule has 0 aromatic carbocycles. The van der Waals surface area contributed by atoms with Crippen LogP contribution in [0.5, 0.6) is 0 Å². The van der Waals surface area contributed by atoms with Gasteiger partial charge < -0.3 is 9.80 Å². The highest BCUT2D eigenvalue weighted by Gasteiger charge is 2.25. The Labute approximate surface area is 193 Å². The van der Waals surface area contributed by atoms with E-state index in [-0.39, 0.29) is 5.91 Å². The number of hydrogen-bond acceptors (Lipinski definition) is 2. The van der Waals surface area contributed by atoms with Crippen molar-refractivity contribution in [1.82, 2.24) is 9.80 Å². The number of amides is 1. The van der Waals surface area contributed by atoms with Gasteiger partial charge in [0.1, 0.15) is 0 Å². The molecule has 0 radical (unpaired) electrons. The smallest absolute Gasteiger partial charge is 0.246 e. The standard InChI is InChI=1S/C28H48N2O/c1-23(2)13-10-14-24(3)15-11-16-25(4)17-12-18-26(5)21-28(31)30-20-9-8-19-27(30)22-29(6)7/h13,15,17,21,27H,8-12,14,16,18-20,22H2,1-7H3. The lowest BCUT2D eigenvalue weighted by molar-refractivity contribution is -0.129. The summed E-state index contributed by atoms with van der Waals surface area (Å²) in [6, 6.07) is 0.362. The number of rotatable bonds is 12. The topological polar surface area (TPSA) is 23.6 Å². The van der Waals surface area contributed by atoms with Crippen molar-refractivity contribution in [2.24, 2.45) is 0 Å². The molecule has 1 amide bonds. The van der Waals surface area contributed by atoms with Crippen LogP contribution in [-0.4, -0.2) is 48.9 Å². The number of hydrogen-bond donors (Lipinski definition) is 0. The Kier molecular flexibility index (Phi) is 13.5. The van der Waals surface area contributed by atoms with Gasteiger partial charge in [-0.1, -0.05) is 40.5 Å². The van der Waals surface area contributed by atoms with Gasteiger partial charge in [-0.05, 0) is 107 Å². The maximum absolute atomic E-state index is 12.8. The number of carbonyl (C=O) groups excluding carboxylic acids is 1. The van der Waals surface area contributed by atoms with E-state index >= 15 is 0 Å². The van der Waals surface area contributed by atoms with Crippen molar-refractivity contribution in [3.05, 3.63) is 46.6 Å². The van der Waals surface area contributed by atoms with Gasteiger partial charge in [0.2, 0.25) is 5.91 Å². The van der Waals surface area contributed by atoms with E-state index in [1.54, 1.807) is 0 Å². The molecule has 0 aliphatic carbocycles. The van der Waals surface area contributed by atoms with Crippen LogP contribution in [0.15, 0.2) is 46.6 Å². The lowest BCUT2D eigenvalue weighted by atomic mass is 10.0. The minimum absolute atomic E-state index is 0.207. The summed E-state index contributed by atoms with van der Waals surface area (Å²) in [6.45, 7) is 12.8. The van der Waals surface area contributed by atoms with E-state index in [2.05, 4.69) is 76.7 Å². The molecule has 0 bridgehead atoms. The quantitative estimate of drug-likeness (QED) is 0.245. The molecule has 0 saturated carbocycles. The molecule has 31 heavy (non-hydrogen) atoms. The van der Waals surface area contributed by atoms with E-state index in [1.165, 1.54) is 35.1 Å². The Morgan fingerprint density at radius 2 is 1.39 bits per heavy atom. The number of nitrogens with zero attached hydrogens (tertiary/aromatic N) is 2. The number of likely N-dealkylation sites (tertiary alicyclic amines) is 1. The summed E-state index contributed by atoms with van der Waals surface area (Å²) in [6.07, 6.45) is 19.0. The first-order chi connectivity index (χ1) is 14.7. The lowest BCUT2D eigenvalue weighted by Gasteiger charge is -2.36. The zero-order valence-corrected chi connectivity index (χ0v) is 21.5. The fourth-order valence-electron chi connectivity index (χ4n) is 4.15. The van der Waals surface area contributed by atoms with Gasteiger partial charge >= 0.3 is 0 Å². The Balaban J connectivity index is 2.41. The minimum Gasteiger partial charge on any atom is -0.335 e. The molecule has 1 aliphatic rings. The normalized spacial score (nSPS) is 18.5. The van der Waals surface area contributed by atoms with Crippen LogP contribution in [0.25, 0.3) is 0 Å². The first-order valence-electron chi connectivity index (χ1n) is 12.3. The van der Waals surface area contributed by atoms with Crippen molar-refractivity contribution in [3.8, 4) is 0 Å². The number of piperidine rings is 1. The van der Waals surface area contributed by atoms with Crippen LogP contribution in [0.2, 0.25) is 0 Å². The average molecular weight is 429 g/mol. The molecule has 0 spiro atoms. The van der Waals surface area contributed by atoms with E-state index in [9.17, 15) is 4.79 Å². The second-order valence-electron chi connectivity index (χ2n) is 9.93. The predicted octanol–water partition coefficient (Wildman–Crippen LogP) is 7.07. The molecule has 0 N–H and O–H groups in total. The third-order valence-corrected chi connectivity index (χ3v) is 6.01. The molecule has 1 rings (SSSR count). The summed E-state index contributed by atoms with van der Waals surface area (Å²) in [4.78, 5) is 17.1. The van der Waals surface area contributed by atoms with E-state index < -0.39 is 0 Å². The molecule has 3 heteroatoms. The van der Waals surface area contributed by atoms with Crippen LogP contribution in [0.4, 0.5) is 0 Å². The van der Waals surface area contributed by atoms with Gasteiger partial charge in [-0.25, -0.2) is 0 Å². The monoisotopic (exact) mass is 428 g/mol. The van der Waals surface area contributed by atoms with Crippen molar-refractivity contribution in [1.29, 1.82) is 0 Å². The largest absolute Gasteiger partial charge is 0.335 e. The van der Waals surface area contributed by atoms with Gasteiger partial charge in [0.05, 0.1) is 0 Å². The molecule has 1 fully saturated rings. The van der Waals surface area contributed by atoms with Crippen molar-refractivity contribution in [3.63, 3.8) is 0 Å². The fraction of sp³-hybridized carbons (Fsp3) is 0.679. The van der Waals surface area contributed by atoms with Crippen molar-refractivity contribution in [2.75, 3.05) is 27.2 Å². The predicted molar refractivity (Wildman–Crippen MR) is 136 cm³/mol. The molecule has 0 aromatic heterocycles. The third-order valence-electron chi connectivity index (χ3n) is 6.01. The molecule has 1 atom stereocenters. The molecule has 3 nitrogen and oxygen atoms in total. The molecule has 1 aliphatic heterocycles. The maximum atomic E-state index is 12.8. The molecule has 1 heterocycles. The van der Waals surface area contributed by atoms with E-state index in [0.717, 1.165) is 58.0 Å². The summed E-state index contributed by atoms with van der Waals surface area (Å²) < 4.78 is 0. The number of allylic oxidation sites excluding steroid dienone is 7. The van der Waals surface area contributed by atoms with Crippen molar-refractivity contribution >= 4 is 5.91 Å². The second kappa shape index (κ2) is 15.2. The Hall–Kier alpha value is -1.61. The zero-order chi connectivity index (χ0) is 23.2. The highest BCUT2D eigenvalue weighted by molar-refractivity contribution is 5.88. The van der Waals surface area contributed by atoms with Crippen LogP contribution in [0.1, 0.15) is 92.4 Å². The summed E-state index contributed by atoms with van der Waals surface area (Å²) in [7, 11) is 4.18. The number of likely N-dealkylation sites (N-methyl/N-ethyl adjacent to an activating group) is 1. The van der Waals surface area contributed by atoms with Crippen molar-refractivity contribution < 1.29 is 4.79 Å². The van der Waals surface area contributed by atoms with E-state index in [0.29, 0.717) is 6.04 Å². The summed E-state index contributed by atoms with van der Waals surface area (Å²) in [5.74, 6) is 0.207. The molecule has 1 saturated heterocycles. The van der Waals surface area contributed by atoms with E-state index in [1.807, 2.05) is 6.08 Å². The third kappa shape index (κ3) is 12.7. The van der Waals surface area contributed by atoms with Crippen molar-refractivity contribution in [2.45, 2.75) is 98.4 Å². The van der Waals surface area contributed by atoms with Gasteiger partial charge in [-0.2, -0.15) is 0 Å². The molecule has 176 valence electrons. The van der Waals surface area contributed by atoms with Gasteiger partial charge in [-0.15, -0.1) is 0 Å². The van der Waals surface area contributed by atoms with Crippen LogP contribution in [-0.2, 0) is 4.79 Å². The highest BCUT2D eigenvalue weighted by Crippen LogP contribution is 2.19. The second-order valence-corrected chi connectivity index (χ2v) is 9.93. The summed E-state index contributed by atoms with van der Waals surface area (Å²) >= 11 is 0. The SMILES string of the molecule is CC(C)=CCCC(C)=CCCC(C)=CCCC(C)=CC(=O)N1CCCCC1CN(C)C. The molecule has 0 aromatic rings. The summed E-state index contributed by atoms with van der Waals surface area (Å²) in [5.41, 5.74) is 5.54. The Morgan fingerprint density at radius 3 is 1.94 bits per heavy atom. The van der Waals surface area contributed by atoms with Gasteiger partial charge in [0, 0.05) is 25.2 Å². The molecular formula is C28H48N2O. The van der Waals surface area contributed by atoms with Crippen LogP contribution in [0, 0.1) is 0 Å². The van der Waals surface area contributed by atoms with Crippen LogP contribution < -0.4 is 0 Å². The lowest BCUT2D eigenvalue weighted by Crippen LogP contribution is -2.47. The zero-order valence-electron chi connectivity index (χ0n) is 21.5. The molecular weight excluding hydrogens is 380 g/mol. The maximum Gasteiger partial charge on any atom is 0.246 e. The van der Waals surface area contributed by atoms with Crippen LogP contribution >= 0.6 is 0 Å². The molecule has 1 unspecified atom stereocenters. The highest BCUT2D eigenvalue weighted by atomic mass is 16.2. The van der Waals surface area contributed by atoms with E-state index in [4.69, 9.17) is 0 Å². The van der Waals surface area contributed by atoms with Gasteiger partial charge in [-0.3, -0.25) is 4.79 Å². The van der Waals surface area contributed by atoms with Crippen LogP contribution in [0.3, 0.4) is 0 Å². The first kappa shape index (κ1) is 27.4. The Morgan fingerprint density at radius 1 is 0.839 bits per heavy atom. The average Bonchev–Trinajstić information content (AvgIpc) is 2.67.